The van der Waals surface area contributed by atoms with E-state index in [0.717, 1.165) is 0 Å². The van der Waals surface area contributed by atoms with Crippen molar-refractivity contribution in [2.45, 2.75) is 0 Å². The van der Waals surface area contributed by atoms with Crippen LogP contribution in [0.25, 0.3) is 0 Å². The van der Waals surface area contributed by atoms with Crippen LogP contribution in [0.3, 0.4) is 0 Å². The van der Waals surface area contributed by atoms with Crippen LogP contribution in [-0.2, 0) is 11.4 Å². The second-order valence-electron chi connectivity index (χ2n) is 2.61. The van der Waals surface area contributed by atoms with Gasteiger partial charge in [-0.2, -0.15) is 4.21 Å². The van der Waals surface area contributed by atoms with Crippen LogP contribution in [0.1, 0.15) is 0 Å². The molecule has 2 rings (SSSR count). The Morgan fingerprint density at radius 1 is 0.938 bits per heavy atom. The summed E-state index contributed by atoms with van der Waals surface area (Å²) in [6.07, 6.45) is 0. The van der Waals surface area contributed by atoms with Crippen LogP contribution in [0.5, 0.6) is 23.0 Å². The lowest BCUT2D eigenvalue weighted by Crippen LogP contribution is -2.07. The zero-order valence-corrected chi connectivity index (χ0v) is 10.1. The molecule has 0 saturated heterocycles. The first-order valence-corrected chi connectivity index (χ1v) is 6.84. The van der Waals surface area contributed by atoms with Crippen molar-refractivity contribution < 1.29 is 22.8 Å². The van der Waals surface area contributed by atoms with Crippen molar-refractivity contribution in [2.24, 2.45) is 0 Å². The zero-order chi connectivity index (χ0) is 11.5. The standard InChI is InChI=1S/C8H6O5S3/c9-5-1-14-3-7(5)12-16(11)13-8-4-15-2-6(8)10/h1-4,9-10H. The smallest absolute Gasteiger partial charge is 0.418 e. The monoisotopic (exact) mass is 278 g/mol. The molecule has 86 valence electrons. The molecule has 0 aliphatic carbocycles. The Morgan fingerprint density at radius 3 is 1.69 bits per heavy atom. The van der Waals surface area contributed by atoms with Gasteiger partial charge in [0.15, 0.2) is 23.0 Å². The fourth-order valence-electron chi connectivity index (χ4n) is 0.846. The Hall–Kier alpha value is -1.25. The van der Waals surface area contributed by atoms with Gasteiger partial charge in [-0.3, -0.25) is 0 Å². The summed E-state index contributed by atoms with van der Waals surface area (Å²) in [6.45, 7) is 0. The van der Waals surface area contributed by atoms with Gasteiger partial charge in [0.2, 0.25) is 0 Å². The highest BCUT2D eigenvalue weighted by atomic mass is 32.2. The summed E-state index contributed by atoms with van der Waals surface area (Å²) in [6, 6.07) is 0. The van der Waals surface area contributed by atoms with E-state index in [4.69, 9.17) is 8.37 Å². The first-order chi connectivity index (χ1) is 7.66. The molecule has 0 bridgehead atoms. The molecule has 8 heteroatoms. The lowest BCUT2D eigenvalue weighted by atomic mass is 10.6. The van der Waals surface area contributed by atoms with E-state index in [2.05, 4.69) is 0 Å². The van der Waals surface area contributed by atoms with Crippen LogP contribution in [-0.4, -0.2) is 14.4 Å². The molecule has 5 nitrogen and oxygen atoms in total. The molecule has 0 aromatic carbocycles. The van der Waals surface area contributed by atoms with E-state index >= 15 is 0 Å². The normalized spacial score (nSPS) is 10.6. The molecule has 2 aromatic rings. The minimum Gasteiger partial charge on any atom is -0.504 e. The minimum atomic E-state index is -2.11. The van der Waals surface area contributed by atoms with Crippen molar-refractivity contribution in [3.63, 3.8) is 0 Å². The number of rotatable bonds is 4. The fourth-order valence-corrected chi connectivity index (χ4v) is 2.77. The third-order valence-electron chi connectivity index (χ3n) is 1.53. The van der Waals surface area contributed by atoms with Gasteiger partial charge in [-0.15, -0.1) is 22.7 Å². The third-order valence-corrected chi connectivity index (χ3v) is 3.58. The maximum absolute atomic E-state index is 11.3. The highest BCUT2D eigenvalue weighted by molar-refractivity contribution is 7.76. The maximum atomic E-state index is 11.3. The van der Waals surface area contributed by atoms with E-state index < -0.39 is 11.4 Å². The van der Waals surface area contributed by atoms with Gasteiger partial charge in [-0.25, -0.2) is 0 Å². The summed E-state index contributed by atoms with van der Waals surface area (Å²) in [5.74, 6) is -0.0379. The molecule has 0 saturated carbocycles. The first kappa shape index (κ1) is 11.2. The summed E-state index contributed by atoms with van der Waals surface area (Å²) in [5, 5.41) is 24.3. The van der Waals surface area contributed by atoms with Crippen molar-refractivity contribution in [3.8, 4) is 23.0 Å². The summed E-state index contributed by atoms with van der Waals surface area (Å²) >= 11 is 0.308. The van der Waals surface area contributed by atoms with Crippen molar-refractivity contribution in [3.05, 3.63) is 21.5 Å². The quantitative estimate of drug-likeness (QED) is 0.897. The summed E-state index contributed by atoms with van der Waals surface area (Å²) in [7, 11) is 0. The fraction of sp³-hybridized carbons (Fsp3) is 0. The minimum absolute atomic E-state index is 0.0815. The summed E-state index contributed by atoms with van der Waals surface area (Å²) < 4.78 is 21.0. The molecule has 0 aliphatic rings. The van der Waals surface area contributed by atoms with Crippen LogP contribution in [0, 0.1) is 0 Å². The molecule has 0 spiro atoms. The van der Waals surface area contributed by atoms with Crippen LogP contribution in [0.2, 0.25) is 0 Å². The molecular formula is C8H6O5S3. The Bertz CT molecular complexity index is 459. The number of thiophene rings is 2. The van der Waals surface area contributed by atoms with Gasteiger partial charge >= 0.3 is 11.4 Å². The second kappa shape index (κ2) is 4.73. The summed E-state index contributed by atoms with van der Waals surface area (Å²) in [4.78, 5) is 0. The van der Waals surface area contributed by atoms with Gasteiger partial charge in [0.1, 0.15) is 0 Å². The highest BCUT2D eigenvalue weighted by Gasteiger charge is 2.13. The molecule has 0 aliphatic heterocycles. The molecule has 0 fully saturated rings. The number of aromatic hydroxyl groups is 2. The SMILES string of the molecule is O=S(Oc1cscc1O)Oc1cscc1O. The second-order valence-corrected chi connectivity index (χ2v) is 4.84. The average Bonchev–Trinajstić information content (AvgIpc) is 2.79. The summed E-state index contributed by atoms with van der Waals surface area (Å²) in [5.41, 5.74) is 0. The molecule has 2 N–H and O–H groups in total. The Labute approximate surface area is 101 Å². The topological polar surface area (TPSA) is 76.0 Å². The number of hydrogen-bond donors (Lipinski definition) is 2. The van der Waals surface area contributed by atoms with E-state index in [1.807, 2.05) is 0 Å². The molecule has 16 heavy (non-hydrogen) atoms. The predicted octanol–water partition coefficient (Wildman–Crippen LogP) is 2.26. The predicted molar refractivity (Wildman–Crippen MR) is 61.4 cm³/mol. The van der Waals surface area contributed by atoms with Crippen LogP contribution in [0.4, 0.5) is 0 Å². The molecule has 0 unspecified atom stereocenters. The van der Waals surface area contributed by atoms with Gasteiger partial charge in [0, 0.05) is 21.5 Å². The largest absolute Gasteiger partial charge is 0.504 e. The number of hydrogen-bond acceptors (Lipinski definition) is 7. The van der Waals surface area contributed by atoms with Crippen molar-refractivity contribution >= 4 is 34.0 Å². The van der Waals surface area contributed by atoms with E-state index in [1.54, 1.807) is 0 Å². The molecule has 0 radical (unpaired) electrons. The highest BCUT2D eigenvalue weighted by Crippen LogP contribution is 2.33. The maximum Gasteiger partial charge on any atom is 0.418 e. The molecular weight excluding hydrogens is 272 g/mol. The molecule has 2 heterocycles. The average molecular weight is 278 g/mol. The van der Waals surface area contributed by atoms with Gasteiger partial charge < -0.3 is 18.6 Å². The third kappa shape index (κ3) is 2.46. The lowest BCUT2D eigenvalue weighted by molar-refractivity contribution is 0.408. The zero-order valence-electron chi connectivity index (χ0n) is 7.65. The van der Waals surface area contributed by atoms with E-state index in [9.17, 15) is 14.4 Å². The molecule has 2 aromatic heterocycles. The molecule has 0 amide bonds. The van der Waals surface area contributed by atoms with E-state index in [1.165, 1.54) is 44.2 Å². The lowest BCUT2D eigenvalue weighted by Gasteiger charge is -2.03. The van der Waals surface area contributed by atoms with Gasteiger partial charge in [-0.05, 0) is 0 Å². The van der Waals surface area contributed by atoms with E-state index in [-0.39, 0.29) is 23.0 Å². The van der Waals surface area contributed by atoms with Crippen molar-refractivity contribution in [1.29, 1.82) is 0 Å². The van der Waals surface area contributed by atoms with E-state index in [0.29, 0.717) is 0 Å². The van der Waals surface area contributed by atoms with Crippen LogP contribution >= 0.6 is 22.7 Å². The Balaban J connectivity index is 2.00. The van der Waals surface area contributed by atoms with Crippen molar-refractivity contribution in [1.82, 2.24) is 0 Å². The van der Waals surface area contributed by atoms with Crippen molar-refractivity contribution in [2.75, 3.05) is 0 Å². The first-order valence-electron chi connectivity index (χ1n) is 3.95. The van der Waals surface area contributed by atoms with Gasteiger partial charge in [-0.1, -0.05) is 0 Å². The van der Waals surface area contributed by atoms with Gasteiger partial charge in [0.05, 0.1) is 0 Å². The Kier molecular flexibility index (Phi) is 3.32. The van der Waals surface area contributed by atoms with Crippen LogP contribution < -0.4 is 8.37 Å². The van der Waals surface area contributed by atoms with Gasteiger partial charge in [0.25, 0.3) is 0 Å². The molecule has 0 atom stereocenters. The van der Waals surface area contributed by atoms with Crippen LogP contribution in [0.15, 0.2) is 21.5 Å². The Morgan fingerprint density at radius 2 is 1.38 bits per heavy atom.